The van der Waals surface area contributed by atoms with E-state index < -0.39 is 0 Å². The van der Waals surface area contributed by atoms with Crippen molar-refractivity contribution in [3.8, 4) is 0 Å². The maximum Gasteiger partial charge on any atom is 0.0704 e. The van der Waals surface area contributed by atoms with Crippen molar-refractivity contribution in [3.63, 3.8) is 0 Å². The first-order valence-corrected chi connectivity index (χ1v) is 4.15. The fourth-order valence-electron chi connectivity index (χ4n) is 0.799. The maximum absolute atomic E-state index is 5.40. The van der Waals surface area contributed by atoms with Gasteiger partial charge in [-0.15, -0.1) is 0 Å². The third-order valence-electron chi connectivity index (χ3n) is 1.33. The van der Waals surface area contributed by atoms with Gasteiger partial charge in [-0.25, -0.2) is 0 Å². The molecule has 0 aliphatic heterocycles. The Labute approximate surface area is 69.1 Å². The van der Waals surface area contributed by atoms with Gasteiger partial charge in [0.15, 0.2) is 0 Å². The highest BCUT2D eigenvalue weighted by Gasteiger charge is 1.98. The number of hydrogen-bond acceptors (Lipinski definition) is 3. The van der Waals surface area contributed by atoms with Gasteiger partial charge in [0.05, 0.1) is 19.3 Å². The van der Waals surface area contributed by atoms with E-state index in [2.05, 4.69) is 5.32 Å². The van der Waals surface area contributed by atoms with Crippen LogP contribution in [0.2, 0.25) is 0 Å². The Kier molecular flexibility index (Phi) is 7.89. The Balaban J connectivity index is 2.97. The van der Waals surface area contributed by atoms with Gasteiger partial charge in [-0.3, -0.25) is 0 Å². The van der Waals surface area contributed by atoms with Gasteiger partial charge in [-0.05, 0) is 20.9 Å². The molecule has 3 heteroatoms. The van der Waals surface area contributed by atoms with Gasteiger partial charge in [0, 0.05) is 13.2 Å². The van der Waals surface area contributed by atoms with Crippen LogP contribution in [0, 0.1) is 0 Å². The van der Waals surface area contributed by atoms with Crippen molar-refractivity contribution in [2.24, 2.45) is 0 Å². The molecule has 0 rings (SSSR count). The Hall–Kier alpha value is -0.120. The molecule has 68 valence electrons. The lowest BCUT2D eigenvalue weighted by Crippen LogP contribution is -2.24. The fourth-order valence-corrected chi connectivity index (χ4v) is 0.799. The molecule has 0 aliphatic rings. The van der Waals surface area contributed by atoms with Crippen molar-refractivity contribution in [1.82, 2.24) is 5.32 Å². The molecule has 0 saturated carbocycles. The van der Waals surface area contributed by atoms with Crippen LogP contribution in [-0.4, -0.2) is 39.5 Å². The molecular weight excluding hydrogens is 142 g/mol. The van der Waals surface area contributed by atoms with E-state index in [1.54, 1.807) is 0 Å². The quantitative estimate of drug-likeness (QED) is 0.556. The summed E-state index contributed by atoms with van der Waals surface area (Å²) < 4.78 is 10.5. The van der Waals surface area contributed by atoms with Crippen molar-refractivity contribution >= 4 is 0 Å². The summed E-state index contributed by atoms with van der Waals surface area (Å²) in [4.78, 5) is 0. The molecule has 0 amide bonds. The zero-order valence-corrected chi connectivity index (χ0v) is 7.72. The normalized spacial score (nSPS) is 13.4. The first-order chi connectivity index (χ1) is 5.31. The molecule has 0 radical (unpaired) electrons. The van der Waals surface area contributed by atoms with Crippen LogP contribution >= 0.6 is 0 Å². The van der Waals surface area contributed by atoms with Gasteiger partial charge < -0.3 is 14.8 Å². The Bertz CT molecular complexity index is 78.5. The fraction of sp³-hybridized carbons (Fsp3) is 1.00. The summed E-state index contributed by atoms with van der Waals surface area (Å²) in [5.41, 5.74) is 0. The minimum Gasteiger partial charge on any atom is -0.379 e. The van der Waals surface area contributed by atoms with Crippen molar-refractivity contribution in [3.05, 3.63) is 0 Å². The van der Waals surface area contributed by atoms with Crippen molar-refractivity contribution in [2.45, 2.75) is 20.0 Å². The molecule has 1 atom stereocenters. The zero-order valence-electron chi connectivity index (χ0n) is 7.72. The largest absolute Gasteiger partial charge is 0.379 e. The average Bonchev–Trinajstić information content (AvgIpc) is 1.99. The number of rotatable bonds is 7. The lowest BCUT2D eigenvalue weighted by molar-refractivity contribution is 0.0166. The molecule has 0 aromatic carbocycles. The number of ether oxygens (including phenoxy) is 2. The molecular formula is C8H19NO2. The van der Waals surface area contributed by atoms with Gasteiger partial charge in [-0.1, -0.05) is 0 Å². The molecule has 1 unspecified atom stereocenters. The third kappa shape index (κ3) is 7.78. The highest BCUT2D eigenvalue weighted by molar-refractivity contribution is 4.50. The van der Waals surface area contributed by atoms with Crippen LogP contribution in [0.5, 0.6) is 0 Å². The van der Waals surface area contributed by atoms with Crippen LogP contribution in [0.3, 0.4) is 0 Å². The van der Waals surface area contributed by atoms with Crippen molar-refractivity contribution in [2.75, 3.05) is 33.4 Å². The summed E-state index contributed by atoms with van der Waals surface area (Å²) in [6.45, 7) is 7.08. The summed E-state index contributed by atoms with van der Waals surface area (Å²) in [5, 5.41) is 3.04. The first kappa shape index (κ1) is 10.9. The van der Waals surface area contributed by atoms with E-state index in [9.17, 15) is 0 Å². The Morgan fingerprint density at radius 2 is 2.09 bits per heavy atom. The molecule has 0 spiro atoms. The van der Waals surface area contributed by atoms with Gasteiger partial charge >= 0.3 is 0 Å². The second-order valence-corrected chi connectivity index (χ2v) is 2.44. The van der Waals surface area contributed by atoms with Crippen LogP contribution in [-0.2, 0) is 9.47 Å². The highest BCUT2D eigenvalue weighted by atomic mass is 16.5. The Morgan fingerprint density at radius 3 is 2.64 bits per heavy atom. The minimum absolute atomic E-state index is 0.278. The first-order valence-electron chi connectivity index (χ1n) is 4.15. The average molecular weight is 161 g/mol. The van der Waals surface area contributed by atoms with Gasteiger partial charge in [0.25, 0.3) is 0 Å². The molecule has 0 heterocycles. The van der Waals surface area contributed by atoms with Gasteiger partial charge in [0.1, 0.15) is 0 Å². The SMILES string of the molecule is CCOCCOC(C)CNC. The monoisotopic (exact) mass is 161 g/mol. The van der Waals surface area contributed by atoms with Gasteiger partial charge in [0.2, 0.25) is 0 Å². The van der Waals surface area contributed by atoms with Crippen LogP contribution < -0.4 is 5.32 Å². The van der Waals surface area contributed by atoms with E-state index in [4.69, 9.17) is 9.47 Å². The standard InChI is InChI=1S/C8H19NO2/c1-4-10-5-6-11-8(2)7-9-3/h8-9H,4-7H2,1-3H3. The molecule has 11 heavy (non-hydrogen) atoms. The van der Waals surface area contributed by atoms with Crippen molar-refractivity contribution in [1.29, 1.82) is 0 Å². The summed E-state index contributed by atoms with van der Waals surface area (Å²) >= 11 is 0. The maximum atomic E-state index is 5.40. The molecule has 3 nitrogen and oxygen atoms in total. The van der Waals surface area contributed by atoms with Crippen LogP contribution in [0.1, 0.15) is 13.8 Å². The molecule has 0 bridgehead atoms. The van der Waals surface area contributed by atoms with Gasteiger partial charge in [-0.2, -0.15) is 0 Å². The van der Waals surface area contributed by atoms with Crippen molar-refractivity contribution < 1.29 is 9.47 Å². The zero-order chi connectivity index (χ0) is 8.53. The lowest BCUT2D eigenvalue weighted by Gasteiger charge is -2.11. The van der Waals surface area contributed by atoms with E-state index >= 15 is 0 Å². The van der Waals surface area contributed by atoms with E-state index in [0.717, 1.165) is 13.2 Å². The van der Waals surface area contributed by atoms with E-state index in [0.29, 0.717) is 13.2 Å². The number of nitrogens with one attached hydrogen (secondary N) is 1. The lowest BCUT2D eigenvalue weighted by atomic mass is 10.4. The number of likely N-dealkylation sites (N-methyl/N-ethyl adjacent to an activating group) is 1. The second-order valence-electron chi connectivity index (χ2n) is 2.44. The molecule has 0 fully saturated rings. The highest BCUT2D eigenvalue weighted by Crippen LogP contribution is 1.87. The van der Waals surface area contributed by atoms with Crippen LogP contribution in [0.25, 0.3) is 0 Å². The molecule has 0 aromatic rings. The summed E-state index contributed by atoms with van der Waals surface area (Å²) in [7, 11) is 1.92. The van der Waals surface area contributed by atoms with E-state index in [1.807, 2.05) is 20.9 Å². The molecule has 1 N–H and O–H groups in total. The summed E-state index contributed by atoms with van der Waals surface area (Å²) in [6, 6.07) is 0. The predicted molar refractivity (Wildman–Crippen MR) is 45.8 cm³/mol. The molecule has 0 aromatic heterocycles. The van der Waals surface area contributed by atoms with Crippen LogP contribution in [0.15, 0.2) is 0 Å². The molecule has 0 saturated heterocycles. The van der Waals surface area contributed by atoms with E-state index in [1.165, 1.54) is 0 Å². The minimum atomic E-state index is 0.278. The Morgan fingerprint density at radius 1 is 1.36 bits per heavy atom. The second kappa shape index (κ2) is 7.98. The summed E-state index contributed by atoms with van der Waals surface area (Å²) in [5.74, 6) is 0. The third-order valence-corrected chi connectivity index (χ3v) is 1.33. The number of hydrogen-bond donors (Lipinski definition) is 1. The predicted octanol–water partition coefficient (Wildman–Crippen LogP) is 0.647. The topological polar surface area (TPSA) is 30.5 Å². The van der Waals surface area contributed by atoms with Crippen LogP contribution in [0.4, 0.5) is 0 Å². The molecule has 0 aliphatic carbocycles. The smallest absolute Gasteiger partial charge is 0.0704 e. The summed E-state index contributed by atoms with van der Waals surface area (Å²) in [6.07, 6.45) is 0.278. The van der Waals surface area contributed by atoms with E-state index in [-0.39, 0.29) is 6.10 Å².